The van der Waals surface area contributed by atoms with Gasteiger partial charge >= 0.3 is 0 Å². The molecule has 0 saturated carbocycles. The molecule has 5 nitrogen and oxygen atoms in total. The number of carbonyl (C=O) groups excluding carboxylic acids is 1. The Bertz CT molecular complexity index is 188. The molecule has 1 rings (SSSR count). The van der Waals surface area contributed by atoms with Crippen LogP contribution in [-0.4, -0.2) is 37.0 Å². The van der Waals surface area contributed by atoms with Crippen LogP contribution in [0.2, 0.25) is 0 Å². The number of amides is 1. The number of aliphatic hydroxyl groups is 1. The molecular formula is C8H14N2O3. The van der Waals surface area contributed by atoms with Crippen LogP contribution in [0.3, 0.4) is 0 Å². The van der Waals surface area contributed by atoms with Crippen LogP contribution < -0.4 is 5.43 Å². The second-order valence-corrected chi connectivity index (χ2v) is 2.92. The zero-order chi connectivity index (χ0) is 9.52. The lowest BCUT2D eigenvalue weighted by Crippen LogP contribution is -2.23. The first-order valence-electron chi connectivity index (χ1n) is 4.33. The van der Waals surface area contributed by atoms with Crippen LogP contribution in [-0.2, 0) is 9.53 Å². The number of aliphatic hydroxyl groups excluding tert-OH is 1. The predicted molar refractivity (Wildman–Crippen MR) is 47.3 cm³/mol. The summed E-state index contributed by atoms with van der Waals surface area (Å²) in [6.45, 7) is 0.986. The van der Waals surface area contributed by atoms with E-state index in [2.05, 4.69) is 10.5 Å². The summed E-state index contributed by atoms with van der Waals surface area (Å²) < 4.78 is 5.16. The van der Waals surface area contributed by atoms with Crippen molar-refractivity contribution in [1.29, 1.82) is 0 Å². The molecule has 0 aromatic heterocycles. The standard InChI is InChI=1S/C8H14N2O3/c11-6-8(12)10-9-5-7-1-3-13-4-2-7/h5,7,11H,1-4,6H2,(H,10,12)/b9-5+. The van der Waals surface area contributed by atoms with E-state index in [9.17, 15) is 4.79 Å². The molecule has 0 aliphatic carbocycles. The highest BCUT2D eigenvalue weighted by molar-refractivity contribution is 5.77. The van der Waals surface area contributed by atoms with E-state index in [1.807, 2.05) is 0 Å². The topological polar surface area (TPSA) is 70.9 Å². The number of hydrogen-bond acceptors (Lipinski definition) is 4. The van der Waals surface area contributed by atoms with Crippen molar-refractivity contribution in [2.75, 3.05) is 19.8 Å². The fourth-order valence-corrected chi connectivity index (χ4v) is 1.11. The predicted octanol–water partition coefficient (Wildman–Crippen LogP) is -0.493. The van der Waals surface area contributed by atoms with Crippen molar-refractivity contribution >= 4 is 12.1 Å². The van der Waals surface area contributed by atoms with E-state index in [1.165, 1.54) is 0 Å². The van der Waals surface area contributed by atoms with Gasteiger partial charge in [-0.2, -0.15) is 5.10 Å². The second kappa shape index (κ2) is 5.66. The van der Waals surface area contributed by atoms with Crippen LogP contribution in [0.15, 0.2) is 5.10 Å². The smallest absolute Gasteiger partial charge is 0.265 e. The van der Waals surface area contributed by atoms with Crippen molar-refractivity contribution in [3.8, 4) is 0 Å². The molecule has 1 aliphatic heterocycles. The maximum Gasteiger partial charge on any atom is 0.265 e. The van der Waals surface area contributed by atoms with Gasteiger partial charge in [0.05, 0.1) is 0 Å². The van der Waals surface area contributed by atoms with Gasteiger partial charge < -0.3 is 9.84 Å². The maximum absolute atomic E-state index is 10.6. The van der Waals surface area contributed by atoms with E-state index >= 15 is 0 Å². The summed E-state index contributed by atoms with van der Waals surface area (Å²) >= 11 is 0. The lowest BCUT2D eigenvalue weighted by molar-refractivity contribution is -0.123. The molecule has 0 unspecified atom stereocenters. The molecule has 1 saturated heterocycles. The third kappa shape index (κ3) is 4.00. The van der Waals surface area contributed by atoms with Crippen LogP contribution in [0.1, 0.15) is 12.8 Å². The molecule has 1 heterocycles. The molecule has 74 valence electrons. The molecule has 0 aromatic rings. The molecule has 2 N–H and O–H groups in total. The largest absolute Gasteiger partial charge is 0.386 e. The fraction of sp³-hybridized carbons (Fsp3) is 0.750. The average molecular weight is 186 g/mol. The van der Waals surface area contributed by atoms with E-state index in [0.717, 1.165) is 26.1 Å². The molecule has 0 atom stereocenters. The van der Waals surface area contributed by atoms with Gasteiger partial charge in [-0.15, -0.1) is 0 Å². The number of hydrazone groups is 1. The monoisotopic (exact) mass is 186 g/mol. The molecule has 1 amide bonds. The average Bonchev–Trinajstić information content (AvgIpc) is 2.19. The molecule has 5 heteroatoms. The van der Waals surface area contributed by atoms with Gasteiger partial charge in [0.2, 0.25) is 0 Å². The Balaban J connectivity index is 2.18. The molecule has 0 bridgehead atoms. The third-order valence-electron chi connectivity index (χ3n) is 1.88. The first-order chi connectivity index (χ1) is 6.33. The molecule has 0 spiro atoms. The summed E-state index contributed by atoms with van der Waals surface area (Å²) in [5.41, 5.74) is 2.22. The summed E-state index contributed by atoms with van der Waals surface area (Å²) in [6, 6.07) is 0. The summed E-state index contributed by atoms with van der Waals surface area (Å²) in [7, 11) is 0. The molecule has 1 aliphatic rings. The molecule has 0 aromatic carbocycles. The zero-order valence-corrected chi connectivity index (χ0v) is 7.40. The van der Waals surface area contributed by atoms with E-state index in [-0.39, 0.29) is 0 Å². The Morgan fingerprint density at radius 3 is 2.92 bits per heavy atom. The SMILES string of the molecule is O=C(CO)N/N=C/C1CCOCC1. The fourth-order valence-electron chi connectivity index (χ4n) is 1.11. The van der Waals surface area contributed by atoms with Crippen molar-refractivity contribution in [3.05, 3.63) is 0 Å². The minimum atomic E-state index is -0.523. The van der Waals surface area contributed by atoms with Gasteiger partial charge in [0.25, 0.3) is 5.91 Å². The van der Waals surface area contributed by atoms with Gasteiger partial charge in [-0.3, -0.25) is 4.79 Å². The highest BCUT2D eigenvalue weighted by Gasteiger charge is 2.10. The van der Waals surface area contributed by atoms with Crippen LogP contribution in [0.5, 0.6) is 0 Å². The van der Waals surface area contributed by atoms with E-state index in [1.54, 1.807) is 6.21 Å². The van der Waals surface area contributed by atoms with Crippen LogP contribution >= 0.6 is 0 Å². The van der Waals surface area contributed by atoms with Crippen molar-refractivity contribution in [1.82, 2.24) is 5.43 Å². The number of hydrogen-bond donors (Lipinski definition) is 2. The van der Waals surface area contributed by atoms with E-state index in [4.69, 9.17) is 9.84 Å². The van der Waals surface area contributed by atoms with Crippen molar-refractivity contribution in [2.45, 2.75) is 12.8 Å². The number of carbonyl (C=O) groups is 1. The Labute approximate surface area is 76.8 Å². The number of ether oxygens (including phenoxy) is 1. The van der Waals surface area contributed by atoms with Gasteiger partial charge in [0.1, 0.15) is 6.61 Å². The minimum Gasteiger partial charge on any atom is -0.386 e. The highest BCUT2D eigenvalue weighted by atomic mass is 16.5. The highest BCUT2D eigenvalue weighted by Crippen LogP contribution is 2.11. The van der Waals surface area contributed by atoms with Crippen molar-refractivity contribution < 1.29 is 14.6 Å². The Morgan fingerprint density at radius 2 is 2.31 bits per heavy atom. The second-order valence-electron chi connectivity index (χ2n) is 2.92. The van der Waals surface area contributed by atoms with Crippen LogP contribution in [0, 0.1) is 5.92 Å². The van der Waals surface area contributed by atoms with E-state index in [0.29, 0.717) is 5.92 Å². The van der Waals surface area contributed by atoms with Gasteiger partial charge in [-0.25, -0.2) is 5.43 Å². The van der Waals surface area contributed by atoms with Crippen LogP contribution in [0.4, 0.5) is 0 Å². The number of nitrogens with zero attached hydrogens (tertiary/aromatic N) is 1. The summed E-state index contributed by atoms with van der Waals surface area (Å²) in [6.07, 6.45) is 3.59. The summed E-state index contributed by atoms with van der Waals surface area (Å²) in [5.74, 6) is -0.101. The molecule has 0 radical (unpaired) electrons. The van der Waals surface area contributed by atoms with Gasteiger partial charge in [0, 0.05) is 25.3 Å². The van der Waals surface area contributed by atoms with Gasteiger partial charge in [-0.05, 0) is 12.8 Å². The number of nitrogens with one attached hydrogen (secondary N) is 1. The maximum atomic E-state index is 10.6. The van der Waals surface area contributed by atoms with Crippen molar-refractivity contribution in [2.24, 2.45) is 11.0 Å². The Morgan fingerprint density at radius 1 is 1.62 bits per heavy atom. The lowest BCUT2D eigenvalue weighted by atomic mass is 10.0. The molecular weight excluding hydrogens is 172 g/mol. The van der Waals surface area contributed by atoms with Crippen molar-refractivity contribution in [3.63, 3.8) is 0 Å². The lowest BCUT2D eigenvalue weighted by Gasteiger charge is -2.17. The quantitative estimate of drug-likeness (QED) is 0.461. The summed E-state index contributed by atoms with van der Waals surface area (Å²) in [5, 5.41) is 12.1. The minimum absolute atomic E-state index is 0.382. The Hall–Kier alpha value is -0.940. The van der Waals surface area contributed by atoms with Crippen LogP contribution in [0.25, 0.3) is 0 Å². The normalized spacial score (nSPS) is 19.2. The molecule has 1 fully saturated rings. The summed E-state index contributed by atoms with van der Waals surface area (Å²) in [4.78, 5) is 10.6. The first-order valence-corrected chi connectivity index (χ1v) is 4.33. The van der Waals surface area contributed by atoms with Gasteiger partial charge in [0.15, 0.2) is 0 Å². The van der Waals surface area contributed by atoms with E-state index < -0.39 is 12.5 Å². The molecule has 13 heavy (non-hydrogen) atoms. The van der Waals surface area contributed by atoms with Gasteiger partial charge in [-0.1, -0.05) is 0 Å². The Kier molecular flexibility index (Phi) is 4.42. The first kappa shape index (κ1) is 10.1. The number of rotatable bonds is 3. The third-order valence-corrected chi connectivity index (χ3v) is 1.88. The zero-order valence-electron chi connectivity index (χ0n) is 7.40.